The fourth-order valence-corrected chi connectivity index (χ4v) is 3.16. The van der Waals surface area contributed by atoms with Crippen LogP contribution in [0.2, 0.25) is 0 Å². The average molecular weight is 442 g/mol. The molecule has 0 aliphatic carbocycles. The van der Waals surface area contributed by atoms with Crippen LogP contribution in [0, 0.1) is 0 Å². The standard InChI is InChI=1S/C23H26N2O7/c1-4-29-23(27)19-7-5-16(11-22(19)32-14-28-3)25-13-20(24)18-8-6-17(12-21(18)25)31-10-9-30-15(2)26/h5-8,11-13H,4,9-10,14,24H2,1-3H3. The summed E-state index contributed by atoms with van der Waals surface area (Å²) in [5.74, 6) is 0.0916. The number of carbonyl (C=O) groups is 2. The fraction of sp³-hybridized carbons (Fsp3) is 0.304. The third-order valence-corrected chi connectivity index (χ3v) is 4.54. The number of fused-ring (bicyclic) bond motifs is 1. The number of esters is 2. The second-order valence-electron chi connectivity index (χ2n) is 6.77. The summed E-state index contributed by atoms with van der Waals surface area (Å²) in [7, 11) is 1.50. The summed E-state index contributed by atoms with van der Waals surface area (Å²) in [6.07, 6.45) is 1.78. The number of nitrogens with two attached hydrogens (primary N) is 1. The predicted octanol–water partition coefficient (Wildman–Crippen LogP) is 3.31. The zero-order chi connectivity index (χ0) is 23.1. The van der Waals surface area contributed by atoms with E-state index in [1.54, 1.807) is 37.4 Å². The van der Waals surface area contributed by atoms with Crippen LogP contribution in [0.5, 0.6) is 11.5 Å². The number of methoxy groups -OCH3 is 1. The maximum Gasteiger partial charge on any atom is 0.341 e. The molecule has 0 amide bonds. The molecule has 9 heteroatoms. The number of hydrogen-bond acceptors (Lipinski definition) is 8. The van der Waals surface area contributed by atoms with Crippen molar-refractivity contribution in [1.82, 2.24) is 4.57 Å². The molecule has 170 valence electrons. The van der Waals surface area contributed by atoms with Crippen LogP contribution in [0.15, 0.2) is 42.6 Å². The quantitative estimate of drug-likeness (QED) is 0.289. The van der Waals surface area contributed by atoms with E-state index >= 15 is 0 Å². The van der Waals surface area contributed by atoms with Gasteiger partial charge < -0.3 is 34.0 Å². The number of hydrogen-bond donors (Lipinski definition) is 1. The van der Waals surface area contributed by atoms with E-state index in [1.165, 1.54) is 14.0 Å². The molecule has 0 fully saturated rings. The second-order valence-corrected chi connectivity index (χ2v) is 6.77. The fourth-order valence-electron chi connectivity index (χ4n) is 3.16. The second kappa shape index (κ2) is 10.5. The zero-order valence-corrected chi connectivity index (χ0v) is 18.3. The van der Waals surface area contributed by atoms with Crippen LogP contribution in [-0.4, -0.2) is 50.2 Å². The number of ether oxygens (including phenoxy) is 5. The lowest BCUT2D eigenvalue weighted by Gasteiger charge is -2.13. The van der Waals surface area contributed by atoms with Crippen molar-refractivity contribution in [1.29, 1.82) is 0 Å². The van der Waals surface area contributed by atoms with Gasteiger partial charge >= 0.3 is 11.9 Å². The van der Waals surface area contributed by atoms with Gasteiger partial charge in [-0.3, -0.25) is 4.79 Å². The summed E-state index contributed by atoms with van der Waals surface area (Å²) in [4.78, 5) is 23.2. The molecule has 0 saturated heterocycles. The van der Waals surface area contributed by atoms with Gasteiger partial charge in [0.1, 0.15) is 30.3 Å². The van der Waals surface area contributed by atoms with Gasteiger partial charge in [0.05, 0.1) is 17.8 Å². The van der Waals surface area contributed by atoms with Gasteiger partial charge in [-0.15, -0.1) is 0 Å². The van der Waals surface area contributed by atoms with Gasteiger partial charge in [0.25, 0.3) is 0 Å². The topological polar surface area (TPSA) is 111 Å². The van der Waals surface area contributed by atoms with Crippen molar-refractivity contribution in [3.63, 3.8) is 0 Å². The lowest BCUT2D eigenvalue weighted by molar-refractivity contribution is -0.141. The third kappa shape index (κ3) is 5.30. The summed E-state index contributed by atoms with van der Waals surface area (Å²) in [6, 6.07) is 10.6. The molecule has 1 heterocycles. The van der Waals surface area contributed by atoms with Crippen LogP contribution in [0.1, 0.15) is 24.2 Å². The number of benzene rings is 2. The van der Waals surface area contributed by atoms with E-state index in [4.69, 9.17) is 29.4 Å². The first kappa shape index (κ1) is 23.0. The minimum absolute atomic E-state index is 0.0231. The van der Waals surface area contributed by atoms with Gasteiger partial charge in [0.15, 0.2) is 6.79 Å². The smallest absolute Gasteiger partial charge is 0.341 e. The number of nitrogen functional groups attached to an aromatic ring is 1. The summed E-state index contributed by atoms with van der Waals surface area (Å²) < 4.78 is 28.2. The molecule has 2 N–H and O–H groups in total. The van der Waals surface area contributed by atoms with E-state index in [2.05, 4.69) is 0 Å². The Balaban J connectivity index is 1.95. The van der Waals surface area contributed by atoms with Crippen LogP contribution < -0.4 is 15.2 Å². The summed E-state index contributed by atoms with van der Waals surface area (Å²) in [5, 5.41) is 0.839. The van der Waals surface area contributed by atoms with E-state index in [0.29, 0.717) is 22.7 Å². The minimum Gasteiger partial charge on any atom is -0.490 e. The molecule has 0 spiro atoms. The molecule has 1 aromatic heterocycles. The molecule has 0 radical (unpaired) electrons. The number of anilines is 1. The minimum atomic E-state index is -0.481. The zero-order valence-electron chi connectivity index (χ0n) is 18.3. The Morgan fingerprint density at radius 1 is 1.03 bits per heavy atom. The highest BCUT2D eigenvalue weighted by atomic mass is 16.7. The Kier molecular flexibility index (Phi) is 7.56. The van der Waals surface area contributed by atoms with Crippen molar-refractivity contribution in [2.24, 2.45) is 0 Å². The lowest BCUT2D eigenvalue weighted by Crippen LogP contribution is -2.10. The first-order valence-electron chi connectivity index (χ1n) is 10.0. The van der Waals surface area contributed by atoms with Crippen LogP contribution in [0.25, 0.3) is 16.6 Å². The maximum absolute atomic E-state index is 12.3. The van der Waals surface area contributed by atoms with Crippen molar-refractivity contribution < 1.29 is 33.3 Å². The summed E-state index contributed by atoms with van der Waals surface area (Å²) in [5.41, 5.74) is 8.62. The molecule has 3 rings (SSSR count). The van der Waals surface area contributed by atoms with Crippen molar-refractivity contribution >= 4 is 28.5 Å². The average Bonchev–Trinajstić information content (AvgIpc) is 3.11. The molecule has 0 aliphatic heterocycles. The lowest BCUT2D eigenvalue weighted by atomic mass is 10.1. The maximum atomic E-state index is 12.3. The summed E-state index contributed by atoms with van der Waals surface area (Å²) >= 11 is 0. The van der Waals surface area contributed by atoms with E-state index in [9.17, 15) is 9.59 Å². The van der Waals surface area contributed by atoms with Crippen molar-refractivity contribution in [3.05, 3.63) is 48.2 Å². The van der Waals surface area contributed by atoms with Gasteiger partial charge in [0.2, 0.25) is 0 Å². The predicted molar refractivity (Wildman–Crippen MR) is 118 cm³/mol. The van der Waals surface area contributed by atoms with Crippen LogP contribution >= 0.6 is 0 Å². The molecule has 0 atom stereocenters. The molecular weight excluding hydrogens is 416 g/mol. The number of carbonyl (C=O) groups excluding carboxylic acids is 2. The van der Waals surface area contributed by atoms with Gasteiger partial charge in [-0.1, -0.05) is 0 Å². The van der Waals surface area contributed by atoms with Crippen LogP contribution in [0.3, 0.4) is 0 Å². The highest BCUT2D eigenvalue weighted by Gasteiger charge is 2.17. The Morgan fingerprint density at radius 2 is 1.84 bits per heavy atom. The van der Waals surface area contributed by atoms with Crippen LogP contribution in [-0.2, 0) is 19.0 Å². The molecule has 0 bridgehead atoms. The number of nitrogens with zero attached hydrogens (tertiary/aromatic N) is 1. The molecule has 9 nitrogen and oxygen atoms in total. The van der Waals surface area contributed by atoms with E-state index in [1.807, 2.05) is 16.7 Å². The molecule has 32 heavy (non-hydrogen) atoms. The molecule has 2 aromatic carbocycles. The first-order chi connectivity index (χ1) is 15.4. The van der Waals surface area contributed by atoms with Gasteiger partial charge in [-0.05, 0) is 31.2 Å². The van der Waals surface area contributed by atoms with E-state index in [-0.39, 0.29) is 32.6 Å². The Bertz CT molecular complexity index is 1110. The molecule has 3 aromatic rings. The first-order valence-corrected chi connectivity index (χ1v) is 10.0. The number of aromatic nitrogens is 1. The van der Waals surface area contributed by atoms with Gasteiger partial charge in [-0.25, -0.2) is 4.79 Å². The third-order valence-electron chi connectivity index (χ3n) is 4.54. The Hall–Kier alpha value is -3.72. The van der Waals surface area contributed by atoms with Crippen LogP contribution in [0.4, 0.5) is 5.69 Å². The normalized spacial score (nSPS) is 10.7. The largest absolute Gasteiger partial charge is 0.490 e. The SMILES string of the molecule is CCOC(=O)c1ccc(-n2cc(N)c3ccc(OCCOC(C)=O)cc32)cc1OCOC. The van der Waals surface area contributed by atoms with Gasteiger partial charge in [-0.2, -0.15) is 0 Å². The molecule has 0 unspecified atom stereocenters. The number of rotatable bonds is 10. The Labute approximate surface area is 185 Å². The molecular formula is C23H26N2O7. The van der Waals surface area contributed by atoms with E-state index in [0.717, 1.165) is 16.6 Å². The highest BCUT2D eigenvalue weighted by Crippen LogP contribution is 2.32. The van der Waals surface area contributed by atoms with Crippen molar-refractivity contribution in [2.45, 2.75) is 13.8 Å². The summed E-state index contributed by atoms with van der Waals surface area (Å²) in [6.45, 7) is 3.70. The van der Waals surface area contributed by atoms with E-state index < -0.39 is 5.97 Å². The Morgan fingerprint density at radius 3 is 2.56 bits per heavy atom. The van der Waals surface area contributed by atoms with Gasteiger partial charge in [0, 0.05) is 43.4 Å². The monoisotopic (exact) mass is 442 g/mol. The highest BCUT2D eigenvalue weighted by molar-refractivity contribution is 5.95. The van der Waals surface area contributed by atoms with Crippen molar-refractivity contribution in [3.8, 4) is 17.2 Å². The van der Waals surface area contributed by atoms with Crippen molar-refractivity contribution in [2.75, 3.05) is 39.5 Å². The molecule has 0 aliphatic rings. The molecule has 0 saturated carbocycles.